The molecule has 6 nitrogen and oxygen atoms in total. The van der Waals surface area contributed by atoms with Crippen molar-refractivity contribution in [1.82, 2.24) is 19.6 Å². The van der Waals surface area contributed by atoms with Gasteiger partial charge in [0.1, 0.15) is 5.82 Å². The van der Waals surface area contributed by atoms with Crippen LogP contribution < -0.4 is 10.6 Å². The fourth-order valence-electron chi connectivity index (χ4n) is 2.92. The van der Waals surface area contributed by atoms with Gasteiger partial charge in [0.15, 0.2) is 16.7 Å². The zero-order chi connectivity index (χ0) is 21.8. The van der Waals surface area contributed by atoms with Gasteiger partial charge < -0.3 is 10.6 Å². The largest absolute Gasteiger partial charge is 0.316 e. The van der Waals surface area contributed by atoms with Gasteiger partial charge in [0, 0.05) is 40.1 Å². The second-order valence-corrected chi connectivity index (χ2v) is 7.96. The number of hydrogen-bond acceptors (Lipinski definition) is 3. The van der Waals surface area contributed by atoms with Crippen LogP contribution >= 0.6 is 35.4 Å². The maximum Gasteiger partial charge on any atom is 0.177 e. The minimum Gasteiger partial charge on any atom is -0.316 e. The summed E-state index contributed by atoms with van der Waals surface area (Å²) in [6.45, 7) is 0.824. The number of aromatic nitrogens is 4. The molecule has 0 bridgehead atoms. The third kappa shape index (κ3) is 5.61. The minimum absolute atomic E-state index is 0.264. The van der Waals surface area contributed by atoms with Crippen molar-refractivity contribution < 1.29 is 4.39 Å². The lowest BCUT2D eigenvalue weighted by molar-refractivity contribution is 0.586. The predicted octanol–water partition coefficient (Wildman–Crippen LogP) is 5.43. The molecule has 10 heteroatoms. The molecule has 2 N–H and O–H groups in total. The van der Waals surface area contributed by atoms with E-state index < -0.39 is 0 Å². The third-order valence-electron chi connectivity index (χ3n) is 4.40. The van der Waals surface area contributed by atoms with Crippen LogP contribution in [0.5, 0.6) is 0 Å². The Morgan fingerprint density at radius 1 is 0.871 bits per heavy atom. The van der Waals surface area contributed by atoms with E-state index in [1.165, 1.54) is 6.07 Å². The average Bonchev–Trinajstić information content (AvgIpc) is 3.35. The summed E-state index contributed by atoms with van der Waals surface area (Å²) in [5.41, 5.74) is 1.46. The van der Waals surface area contributed by atoms with Crippen LogP contribution in [0.25, 0.3) is 0 Å². The Morgan fingerprint density at radius 2 is 1.48 bits per heavy atom. The maximum atomic E-state index is 13.8. The summed E-state index contributed by atoms with van der Waals surface area (Å²) in [7, 11) is 0. The van der Waals surface area contributed by atoms with Gasteiger partial charge in [0.25, 0.3) is 0 Å². The lowest BCUT2D eigenvalue weighted by Crippen LogP contribution is -2.20. The number of nitrogens with zero attached hydrogens (tertiary/aromatic N) is 4. The highest BCUT2D eigenvalue weighted by Crippen LogP contribution is 2.22. The van der Waals surface area contributed by atoms with Gasteiger partial charge in [-0.15, -0.1) is 0 Å². The highest BCUT2D eigenvalue weighted by atomic mass is 35.5. The standard InChI is InChI=1S/C21H17Cl2FN6S/c22-16-6-5-14(17(23)11-16)12-29-9-7-19(27-29)25-21(31)26-20-8-10-30(28-20)13-15-3-1-2-4-18(15)24/h1-11H,12-13H2,(H2,25,26,27,28,31). The van der Waals surface area contributed by atoms with E-state index in [9.17, 15) is 4.39 Å². The molecule has 2 aromatic heterocycles. The third-order valence-corrected chi connectivity index (χ3v) is 5.19. The lowest BCUT2D eigenvalue weighted by Gasteiger charge is -2.07. The van der Waals surface area contributed by atoms with Gasteiger partial charge in [-0.05, 0) is 36.0 Å². The molecule has 31 heavy (non-hydrogen) atoms. The van der Waals surface area contributed by atoms with Gasteiger partial charge in [-0.3, -0.25) is 9.36 Å². The smallest absolute Gasteiger partial charge is 0.177 e. The molecule has 0 fully saturated rings. The van der Waals surface area contributed by atoms with E-state index in [1.54, 1.807) is 58.0 Å². The SMILES string of the molecule is Fc1ccccc1Cn1ccc(NC(=S)Nc2ccn(Cc3ccc(Cl)cc3Cl)n2)n1. The first kappa shape index (κ1) is 21.3. The number of benzene rings is 2. The quantitative estimate of drug-likeness (QED) is 0.364. The van der Waals surface area contributed by atoms with Gasteiger partial charge >= 0.3 is 0 Å². The Morgan fingerprint density at radius 3 is 2.10 bits per heavy atom. The first-order chi connectivity index (χ1) is 15.0. The zero-order valence-corrected chi connectivity index (χ0v) is 18.4. The monoisotopic (exact) mass is 474 g/mol. The molecule has 0 saturated carbocycles. The molecule has 158 valence electrons. The van der Waals surface area contributed by atoms with Gasteiger partial charge in [-0.1, -0.05) is 47.5 Å². The predicted molar refractivity (Wildman–Crippen MR) is 125 cm³/mol. The van der Waals surface area contributed by atoms with Crippen molar-refractivity contribution in [3.63, 3.8) is 0 Å². The van der Waals surface area contributed by atoms with E-state index >= 15 is 0 Å². The van der Waals surface area contributed by atoms with E-state index in [0.29, 0.717) is 45.4 Å². The Kier molecular flexibility index (Phi) is 6.50. The summed E-state index contributed by atoms with van der Waals surface area (Å²) in [5.74, 6) is 0.856. The van der Waals surface area contributed by atoms with Crippen molar-refractivity contribution >= 4 is 52.2 Å². The van der Waals surface area contributed by atoms with Crippen LogP contribution in [-0.4, -0.2) is 24.7 Å². The molecule has 0 radical (unpaired) electrons. The topological polar surface area (TPSA) is 59.7 Å². The molecule has 2 aromatic carbocycles. The van der Waals surface area contributed by atoms with Crippen LogP contribution in [0.1, 0.15) is 11.1 Å². The molecule has 0 aliphatic rings. The average molecular weight is 475 g/mol. The van der Waals surface area contributed by atoms with Crippen molar-refractivity contribution in [2.45, 2.75) is 13.1 Å². The molecule has 0 amide bonds. The lowest BCUT2D eigenvalue weighted by atomic mass is 10.2. The molecule has 0 atom stereocenters. The van der Waals surface area contributed by atoms with E-state index in [-0.39, 0.29) is 5.82 Å². The van der Waals surface area contributed by atoms with Gasteiger partial charge in [-0.25, -0.2) is 4.39 Å². The first-order valence-corrected chi connectivity index (χ1v) is 10.4. The maximum absolute atomic E-state index is 13.8. The second kappa shape index (κ2) is 9.47. The summed E-state index contributed by atoms with van der Waals surface area (Å²) in [4.78, 5) is 0. The van der Waals surface area contributed by atoms with Crippen molar-refractivity contribution in [3.8, 4) is 0 Å². The van der Waals surface area contributed by atoms with E-state index in [0.717, 1.165) is 5.56 Å². The summed E-state index contributed by atoms with van der Waals surface area (Å²) in [6, 6.07) is 15.5. The summed E-state index contributed by atoms with van der Waals surface area (Å²) < 4.78 is 17.2. The number of thiocarbonyl (C=S) groups is 1. The van der Waals surface area contributed by atoms with E-state index in [2.05, 4.69) is 20.8 Å². The highest BCUT2D eigenvalue weighted by molar-refractivity contribution is 7.80. The molecule has 0 spiro atoms. The highest BCUT2D eigenvalue weighted by Gasteiger charge is 2.08. The van der Waals surface area contributed by atoms with Crippen LogP contribution in [0, 0.1) is 5.82 Å². The molecular formula is C21H17Cl2FN6S. The van der Waals surface area contributed by atoms with Crippen molar-refractivity contribution in [1.29, 1.82) is 0 Å². The first-order valence-electron chi connectivity index (χ1n) is 9.28. The van der Waals surface area contributed by atoms with Crippen molar-refractivity contribution in [2.75, 3.05) is 10.6 Å². The minimum atomic E-state index is -0.264. The van der Waals surface area contributed by atoms with E-state index in [4.69, 9.17) is 35.4 Å². The van der Waals surface area contributed by atoms with Crippen LogP contribution in [0.15, 0.2) is 67.0 Å². The van der Waals surface area contributed by atoms with Crippen molar-refractivity contribution in [2.24, 2.45) is 0 Å². The van der Waals surface area contributed by atoms with Gasteiger partial charge in [0.2, 0.25) is 0 Å². The Balaban J connectivity index is 1.33. The molecule has 0 unspecified atom stereocenters. The Bertz CT molecular complexity index is 1220. The van der Waals surface area contributed by atoms with Crippen molar-refractivity contribution in [3.05, 3.63) is 94.0 Å². The number of hydrogen-bond donors (Lipinski definition) is 2. The Labute approximate surface area is 193 Å². The second-order valence-electron chi connectivity index (χ2n) is 6.70. The summed E-state index contributed by atoms with van der Waals surface area (Å²) in [5, 5.41) is 16.3. The fourth-order valence-corrected chi connectivity index (χ4v) is 3.60. The van der Waals surface area contributed by atoms with Crippen LogP contribution in [0.2, 0.25) is 10.0 Å². The molecule has 0 aliphatic heterocycles. The Hall–Kier alpha value is -2.94. The van der Waals surface area contributed by atoms with Crippen LogP contribution in [-0.2, 0) is 13.1 Å². The van der Waals surface area contributed by atoms with Gasteiger partial charge in [0.05, 0.1) is 13.1 Å². The number of anilines is 2. The molecule has 2 heterocycles. The van der Waals surface area contributed by atoms with Crippen LogP contribution in [0.3, 0.4) is 0 Å². The summed E-state index contributed by atoms with van der Waals surface area (Å²) in [6.07, 6.45) is 3.57. The molecule has 0 aliphatic carbocycles. The fraction of sp³-hybridized carbons (Fsp3) is 0.0952. The summed E-state index contributed by atoms with van der Waals surface area (Å²) >= 11 is 17.5. The number of rotatable bonds is 6. The molecule has 0 saturated heterocycles. The number of nitrogens with one attached hydrogen (secondary N) is 2. The van der Waals surface area contributed by atoms with Gasteiger partial charge in [-0.2, -0.15) is 10.2 Å². The molecule has 4 rings (SSSR count). The number of halogens is 3. The molecule has 4 aromatic rings. The molecular weight excluding hydrogens is 458 g/mol. The van der Waals surface area contributed by atoms with Crippen LogP contribution in [0.4, 0.5) is 16.0 Å². The zero-order valence-electron chi connectivity index (χ0n) is 16.1. The normalized spacial score (nSPS) is 10.8. The van der Waals surface area contributed by atoms with E-state index in [1.807, 2.05) is 12.3 Å².